The van der Waals surface area contributed by atoms with E-state index in [0.717, 1.165) is 35.9 Å². The van der Waals surface area contributed by atoms with E-state index >= 15 is 0 Å². The molecule has 5 heteroatoms. The summed E-state index contributed by atoms with van der Waals surface area (Å²) in [4.78, 5) is 14.7. The topological polar surface area (TPSA) is 38.8 Å². The molecule has 1 unspecified atom stereocenters. The molecular weight excluding hydrogens is 346 g/mol. The minimum Gasteiger partial charge on any atom is -0.497 e. The van der Waals surface area contributed by atoms with Gasteiger partial charge in [-0.05, 0) is 42.3 Å². The van der Waals surface area contributed by atoms with Crippen LogP contribution in [0.1, 0.15) is 23.3 Å². The maximum Gasteiger partial charge on any atom is 0.227 e. The molecule has 0 saturated carbocycles. The van der Waals surface area contributed by atoms with E-state index in [2.05, 4.69) is 12.1 Å². The van der Waals surface area contributed by atoms with E-state index in [9.17, 15) is 4.79 Å². The van der Waals surface area contributed by atoms with E-state index in [1.165, 1.54) is 5.56 Å². The fourth-order valence-electron chi connectivity index (χ4n) is 3.05. The van der Waals surface area contributed by atoms with Crippen molar-refractivity contribution >= 4 is 17.7 Å². The Labute approximate surface area is 159 Å². The van der Waals surface area contributed by atoms with Crippen molar-refractivity contribution in [2.75, 3.05) is 32.6 Å². The summed E-state index contributed by atoms with van der Waals surface area (Å²) in [5, 5.41) is 0.318. The highest BCUT2D eigenvalue weighted by atomic mass is 32.2. The van der Waals surface area contributed by atoms with Crippen LogP contribution in [0.3, 0.4) is 0 Å². The van der Waals surface area contributed by atoms with Crippen molar-refractivity contribution in [1.29, 1.82) is 0 Å². The second-order valence-corrected chi connectivity index (χ2v) is 7.54. The smallest absolute Gasteiger partial charge is 0.227 e. The predicted octanol–water partition coefficient (Wildman–Crippen LogP) is 3.95. The van der Waals surface area contributed by atoms with Crippen molar-refractivity contribution in [3.8, 4) is 11.5 Å². The van der Waals surface area contributed by atoms with Crippen LogP contribution in [0.5, 0.6) is 11.5 Å². The molecule has 0 N–H and O–H groups in total. The Morgan fingerprint density at radius 2 is 1.81 bits per heavy atom. The zero-order valence-corrected chi connectivity index (χ0v) is 16.1. The second-order valence-electron chi connectivity index (χ2n) is 6.23. The van der Waals surface area contributed by atoms with Crippen molar-refractivity contribution in [3.05, 3.63) is 59.7 Å². The van der Waals surface area contributed by atoms with Gasteiger partial charge in [-0.3, -0.25) is 4.79 Å². The third-order valence-corrected chi connectivity index (χ3v) is 5.74. The molecule has 0 aromatic heterocycles. The number of ether oxygens (including phenoxy) is 2. The van der Waals surface area contributed by atoms with Crippen molar-refractivity contribution in [1.82, 2.24) is 4.90 Å². The van der Waals surface area contributed by atoms with Gasteiger partial charge in [-0.25, -0.2) is 0 Å². The number of benzene rings is 2. The Morgan fingerprint density at radius 3 is 2.46 bits per heavy atom. The number of rotatable bonds is 6. The Hall–Kier alpha value is -2.14. The number of methoxy groups -OCH3 is 1. The van der Waals surface area contributed by atoms with E-state index in [-0.39, 0.29) is 5.91 Å². The summed E-state index contributed by atoms with van der Waals surface area (Å²) in [6, 6.07) is 16.0. The Balaban J connectivity index is 1.60. The van der Waals surface area contributed by atoms with E-state index < -0.39 is 0 Å². The summed E-state index contributed by atoms with van der Waals surface area (Å²) in [6.45, 7) is 4.18. The van der Waals surface area contributed by atoms with Crippen LogP contribution >= 0.6 is 11.8 Å². The molecule has 2 aromatic carbocycles. The normalized spacial score (nSPS) is 17.0. The Kier molecular flexibility index (Phi) is 6.45. The zero-order valence-electron chi connectivity index (χ0n) is 15.3. The molecule has 138 valence electrons. The lowest BCUT2D eigenvalue weighted by molar-refractivity contribution is -0.130. The zero-order chi connectivity index (χ0) is 18.4. The number of carbonyl (C=O) groups is 1. The van der Waals surface area contributed by atoms with Crippen LogP contribution in [0, 0.1) is 0 Å². The molecule has 1 fully saturated rings. The number of hydrogen-bond acceptors (Lipinski definition) is 4. The monoisotopic (exact) mass is 371 g/mol. The molecule has 1 atom stereocenters. The van der Waals surface area contributed by atoms with Crippen LogP contribution in [-0.4, -0.2) is 43.4 Å². The van der Waals surface area contributed by atoms with E-state index in [1.54, 1.807) is 7.11 Å². The molecule has 1 heterocycles. The first-order chi connectivity index (χ1) is 12.7. The van der Waals surface area contributed by atoms with E-state index in [1.807, 2.05) is 60.0 Å². The van der Waals surface area contributed by atoms with Crippen LogP contribution in [0.25, 0.3) is 0 Å². The summed E-state index contributed by atoms with van der Waals surface area (Å²) in [5.41, 5.74) is 2.27. The molecule has 1 saturated heterocycles. The number of carbonyl (C=O) groups excluding carboxylic acids is 1. The van der Waals surface area contributed by atoms with Gasteiger partial charge in [-0.1, -0.05) is 24.3 Å². The van der Waals surface area contributed by atoms with Gasteiger partial charge >= 0.3 is 0 Å². The van der Waals surface area contributed by atoms with Crippen molar-refractivity contribution in [3.63, 3.8) is 0 Å². The van der Waals surface area contributed by atoms with Crippen LogP contribution in [0.15, 0.2) is 48.5 Å². The molecule has 1 aliphatic rings. The molecule has 0 bridgehead atoms. The van der Waals surface area contributed by atoms with Crippen LogP contribution in [0.2, 0.25) is 0 Å². The molecular formula is C21H25NO3S. The average molecular weight is 372 g/mol. The summed E-state index contributed by atoms with van der Waals surface area (Å²) >= 11 is 1.91. The number of hydrogen-bond donors (Lipinski definition) is 0. The molecule has 1 amide bonds. The first kappa shape index (κ1) is 18.6. The summed E-state index contributed by atoms with van der Waals surface area (Å²) in [7, 11) is 1.67. The number of thioether (sulfide) groups is 1. The molecule has 1 aliphatic heterocycles. The van der Waals surface area contributed by atoms with Crippen molar-refractivity contribution in [2.24, 2.45) is 0 Å². The molecule has 26 heavy (non-hydrogen) atoms. The summed E-state index contributed by atoms with van der Waals surface area (Å²) < 4.78 is 10.7. The van der Waals surface area contributed by atoms with Crippen LogP contribution in [-0.2, 0) is 11.2 Å². The Bertz CT molecular complexity index is 715. The minimum atomic E-state index is 0.188. The molecule has 0 spiro atoms. The lowest BCUT2D eigenvalue weighted by Crippen LogP contribution is -2.40. The second kappa shape index (κ2) is 8.99. The SMILES string of the molecule is CCOc1ccc(CC(=O)N2CCSC(c3ccc(OC)cc3)C2)cc1. The quantitative estimate of drug-likeness (QED) is 0.771. The van der Waals surface area contributed by atoms with Gasteiger partial charge in [0.15, 0.2) is 0 Å². The first-order valence-corrected chi connectivity index (χ1v) is 9.99. The van der Waals surface area contributed by atoms with Crippen molar-refractivity contribution < 1.29 is 14.3 Å². The minimum absolute atomic E-state index is 0.188. The van der Waals surface area contributed by atoms with Gasteiger partial charge in [0.25, 0.3) is 0 Å². The highest BCUT2D eigenvalue weighted by molar-refractivity contribution is 7.99. The summed E-state index contributed by atoms with van der Waals surface area (Å²) in [5.74, 6) is 2.86. The first-order valence-electron chi connectivity index (χ1n) is 8.94. The molecule has 4 nitrogen and oxygen atoms in total. The van der Waals surface area contributed by atoms with Gasteiger partial charge in [0, 0.05) is 24.1 Å². The fraction of sp³-hybridized carbons (Fsp3) is 0.381. The molecule has 3 rings (SSSR count). The highest BCUT2D eigenvalue weighted by Crippen LogP contribution is 2.34. The molecule has 0 radical (unpaired) electrons. The number of nitrogens with zero attached hydrogens (tertiary/aromatic N) is 1. The largest absolute Gasteiger partial charge is 0.497 e. The standard InChI is InChI=1S/C21H25NO3S/c1-3-25-19-8-4-16(5-9-19)14-21(23)22-12-13-26-20(15-22)17-6-10-18(24-2)11-7-17/h4-11,20H,3,12-15H2,1-2H3. The van der Waals surface area contributed by atoms with Crippen LogP contribution in [0.4, 0.5) is 0 Å². The maximum absolute atomic E-state index is 12.7. The van der Waals surface area contributed by atoms with Gasteiger partial charge in [-0.15, -0.1) is 0 Å². The third kappa shape index (κ3) is 4.73. The van der Waals surface area contributed by atoms with Gasteiger partial charge < -0.3 is 14.4 Å². The highest BCUT2D eigenvalue weighted by Gasteiger charge is 2.25. The third-order valence-electron chi connectivity index (χ3n) is 4.50. The predicted molar refractivity (Wildman–Crippen MR) is 106 cm³/mol. The lowest BCUT2D eigenvalue weighted by atomic mass is 10.1. The van der Waals surface area contributed by atoms with Gasteiger partial charge in [0.1, 0.15) is 11.5 Å². The Morgan fingerprint density at radius 1 is 1.12 bits per heavy atom. The van der Waals surface area contributed by atoms with Crippen LogP contribution < -0.4 is 9.47 Å². The van der Waals surface area contributed by atoms with E-state index in [4.69, 9.17) is 9.47 Å². The molecule has 2 aromatic rings. The molecule has 0 aliphatic carbocycles. The van der Waals surface area contributed by atoms with Gasteiger partial charge in [-0.2, -0.15) is 11.8 Å². The fourth-order valence-corrected chi connectivity index (χ4v) is 4.30. The van der Waals surface area contributed by atoms with Gasteiger partial charge in [0.2, 0.25) is 5.91 Å². The summed E-state index contributed by atoms with van der Waals surface area (Å²) in [6.07, 6.45) is 0.437. The maximum atomic E-state index is 12.7. The van der Waals surface area contributed by atoms with E-state index in [0.29, 0.717) is 18.3 Å². The number of amides is 1. The lowest BCUT2D eigenvalue weighted by Gasteiger charge is -2.33. The van der Waals surface area contributed by atoms with Crippen molar-refractivity contribution in [2.45, 2.75) is 18.6 Å². The van der Waals surface area contributed by atoms with Gasteiger partial charge in [0.05, 0.1) is 20.1 Å². The average Bonchev–Trinajstić information content (AvgIpc) is 2.70.